The van der Waals surface area contributed by atoms with Gasteiger partial charge in [0.1, 0.15) is 5.75 Å². The molecule has 1 aromatic rings. The first-order valence-electron chi connectivity index (χ1n) is 6.03. The number of hydrogen-bond donors (Lipinski definition) is 1. The van der Waals surface area contributed by atoms with Crippen LogP contribution in [-0.2, 0) is 4.74 Å². The molecule has 0 saturated carbocycles. The third-order valence-corrected chi connectivity index (χ3v) is 2.57. The van der Waals surface area contributed by atoms with Gasteiger partial charge in [-0.2, -0.15) is 0 Å². The molecule has 0 radical (unpaired) electrons. The van der Waals surface area contributed by atoms with Gasteiger partial charge in [-0.15, -0.1) is 0 Å². The minimum Gasteiger partial charge on any atom is -0.468 e. The highest BCUT2D eigenvalue weighted by atomic mass is 16.7. The van der Waals surface area contributed by atoms with E-state index in [4.69, 9.17) is 9.47 Å². The predicted molar refractivity (Wildman–Crippen MR) is 72.3 cm³/mol. The van der Waals surface area contributed by atoms with E-state index < -0.39 is 0 Å². The van der Waals surface area contributed by atoms with Crippen LogP contribution in [0.5, 0.6) is 5.75 Å². The number of benzene rings is 1. The monoisotopic (exact) mass is 251 g/mol. The Bertz CT molecular complexity index is 377. The Kier molecular flexibility index (Phi) is 6.39. The Labute approximate surface area is 108 Å². The van der Waals surface area contributed by atoms with Gasteiger partial charge in [0, 0.05) is 13.3 Å². The number of nitrogens with zero attached hydrogens (tertiary/aromatic N) is 1. The smallest absolute Gasteiger partial charge is 0.188 e. The van der Waals surface area contributed by atoms with Crippen LogP contribution in [-0.4, -0.2) is 37.9 Å². The van der Waals surface area contributed by atoms with Crippen molar-refractivity contribution >= 4 is 6.21 Å². The third kappa shape index (κ3) is 4.85. The van der Waals surface area contributed by atoms with Crippen LogP contribution in [0.25, 0.3) is 0 Å². The van der Waals surface area contributed by atoms with Crippen molar-refractivity contribution in [2.24, 2.45) is 10.9 Å². The molecule has 4 heteroatoms. The van der Waals surface area contributed by atoms with E-state index in [0.717, 1.165) is 11.3 Å². The van der Waals surface area contributed by atoms with Gasteiger partial charge in [0.05, 0.1) is 12.6 Å². The lowest BCUT2D eigenvalue weighted by molar-refractivity contribution is 0.0511. The molecular weight excluding hydrogens is 230 g/mol. The largest absolute Gasteiger partial charge is 0.468 e. The van der Waals surface area contributed by atoms with Crippen molar-refractivity contribution in [2.45, 2.75) is 19.9 Å². The summed E-state index contributed by atoms with van der Waals surface area (Å²) >= 11 is 0. The summed E-state index contributed by atoms with van der Waals surface area (Å²) in [7, 11) is 1.58. The van der Waals surface area contributed by atoms with Gasteiger partial charge in [0.2, 0.25) is 0 Å². The summed E-state index contributed by atoms with van der Waals surface area (Å²) in [6.45, 7) is 4.37. The lowest BCUT2D eigenvalue weighted by atomic mass is 10.1. The maximum absolute atomic E-state index is 9.19. The molecule has 0 spiro atoms. The molecule has 1 atom stereocenters. The molecule has 1 aromatic carbocycles. The van der Waals surface area contributed by atoms with E-state index >= 15 is 0 Å². The standard InChI is InChI=1S/C14H21NO3/c1-11(2)14(9-16)15-8-12-5-4-6-13(7-12)18-10-17-3/h4-8,11,14,16H,9-10H2,1-3H3/t14-/m1/s1. The molecule has 0 saturated heterocycles. The molecule has 0 aliphatic rings. The maximum Gasteiger partial charge on any atom is 0.188 e. The maximum atomic E-state index is 9.19. The predicted octanol–water partition coefficient (Wildman–Crippen LogP) is 2.11. The van der Waals surface area contributed by atoms with Crippen molar-refractivity contribution in [3.05, 3.63) is 29.8 Å². The molecule has 4 nitrogen and oxygen atoms in total. The Morgan fingerprint density at radius 3 is 2.78 bits per heavy atom. The van der Waals surface area contributed by atoms with Gasteiger partial charge < -0.3 is 14.6 Å². The molecule has 0 aromatic heterocycles. The number of aliphatic hydroxyl groups is 1. The SMILES string of the molecule is COCOc1cccc(C=N[C@H](CO)C(C)C)c1. The van der Waals surface area contributed by atoms with Crippen molar-refractivity contribution in [3.63, 3.8) is 0 Å². The van der Waals surface area contributed by atoms with E-state index in [9.17, 15) is 5.11 Å². The average molecular weight is 251 g/mol. The van der Waals surface area contributed by atoms with E-state index in [2.05, 4.69) is 4.99 Å². The minimum atomic E-state index is -0.0615. The van der Waals surface area contributed by atoms with Crippen LogP contribution in [0.3, 0.4) is 0 Å². The van der Waals surface area contributed by atoms with Gasteiger partial charge >= 0.3 is 0 Å². The van der Waals surface area contributed by atoms with Gasteiger partial charge in [0.25, 0.3) is 0 Å². The number of hydrogen-bond acceptors (Lipinski definition) is 4. The van der Waals surface area contributed by atoms with Crippen molar-refractivity contribution in [3.8, 4) is 5.75 Å². The average Bonchev–Trinajstić information content (AvgIpc) is 2.37. The van der Waals surface area contributed by atoms with Crippen molar-refractivity contribution < 1.29 is 14.6 Å². The second-order valence-corrected chi connectivity index (χ2v) is 4.40. The first-order chi connectivity index (χ1) is 8.67. The van der Waals surface area contributed by atoms with Gasteiger partial charge in [-0.05, 0) is 23.6 Å². The lowest BCUT2D eigenvalue weighted by Crippen LogP contribution is -2.17. The summed E-state index contributed by atoms with van der Waals surface area (Å²) in [6, 6.07) is 7.53. The molecular formula is C14H21NO3. The molecule has 0 heterocycles. The van der Waals surface area contributed by atoms with E-state index in [1.54, 1.807) is 13.3 Å². The number of aliphatic hydroxyl groups excluding tert-OH is 1. The highest BCUT2D eigenvalue weighted by Gasteiger charge is 2.08. The molecule has 0 bridgehead atoms. The fourth-order valence-corrected chi connectivity index (χ4v) is 1.42. The number of aliphatic imine (C=N–C) groups is 1. The zero-order chi connectivity index (χ0) is 13.4. The Morgan fingerprint density at radius 1 is 1.39 bits per heavy atom. The normalized spacial score (nSPS) is 13.2. The molecule has 1 rings (SSSR count). The van der Waals surface area contributed by atoms with E-state index in [1.165, 1.54) is 0 Å². The molecule has 0 unspecified atom stereocenters. The second-order valence-electron chi connectivity index (χ2n) is 4.40. The van der Waals surface area contributed by atoms with Crippen LogP contribution >= 0.6 is 0 Å². The molecule has 0 aliphatic carbocycles. The Balaban J connectivity index is 2.68. The highest BCUT2D eigenvalue weighted by molar-refractivity contribution is 5.80. The van der Waals surface area contributed by atoms with E-state index in [0.29, 0.717) is 5.92 Å². The molecule has 0 fully saturated rings. The van der Waals surface area contributed by atoms with Crippen LogP contribution in [0.15, 0.2) is 29.3 Å². The summed E-state index contributed by atoms with van der Waals surface area (Å²) in [5, 5.41) is 9.19. The highest BCUT2D eigenvalue weighted by Crippen LogP contribution is 2.13. The third-order valence-electron chi connectivity index (χ3n) is 2.57. The van der Waals surface area contributed by atoms with Crippen LogP contribution in [0.4, 0.5) is 0 Å². The number of rotatable bonds is 7. The Morgan fingerprint density at radius 2 is 2.17 bits per heavy atom. The fourth-order valence-electron chi connectivity index (χ4n) is 1.42. The quantitative estimate of drug-likeness (QED) is 0.596. The van der Waals surface area contributed by atoms with Crippen LogP contribution in [0, 0.1) is 5.92 Å². The van der Waals surface area contributed by atoms with Crippen LogP contribution < -0.4 is 4.74 Å². The molecule has 1 N–H and O–H groups in total. The summed E-state index contributed by atoms with van der Waals surface area (Å²) < 4.78 is 10.2. The summed E-state index contributed by atoms with van der Waals surface area (Å²) in [6.07, 6.45) is 1.76. The summed E-state index contributed by atoms with van der Waals surface area (Å²) in [5.41, 5.74) is 0.947. The zero-order valence-corrected chi connectivity index (χ0v) is 11.2. The van der Waals surface area contributed by atoms with Gasteiger partial charge in [-0.1, -0.05) is 26.0 Å². The number of ether oxygens (including phenoxy) is 2. The summed E-state index contributed by atoms with van der Waals surface area (Å²) in [4.78, 5) is 4.37. The fraction of sp³-hybridized carbons (Fsp3) is 0.500. The first-order valence-corrected chi connectivity index (χ1v) is 6.03. The van der Waals surface area contributed by atoms with E-state index in [1.807, 2.05) is 38.1 Å². The van der Waals surface area contributed by atoms with Crippen molar-refractivity contribution in [2.75, 3.05) is 20.5 Å². The van der Waals surface area contributed by atoms with Gasteiger partial charge in [-0.3, -0.25) is 4.99 Å². The van der Waals surface area contributed by atoms with Gasteiger partial charge in [-0.25, -0.2) is 0 Å². The van der Waals surface area contributed by atoms with Crippen LogP contribution in [0.2, 0.25) is 0 Å². The Hall–Kier alpha value is -1.39. The molecule has 18 heavy (non-hydrogen) atoms. The van der Waals surface area contributed by atoms with Crippen molar-refractivity contribution in [1.82, 2.24) is 0 Å². The van der Waals surface area contributed by atoms with Crippen molar-refractivity contribution in [1.29, 1.82) is 0 Å². The van der Waals surface area contributed by atoms with Crippen LogP contribution in [0.1, 0.15) is 19.4 Å². The topological polar surface area (TPSA) is 51.0 Å². The summed E-state index contributed by atoms with van der Waals surface area (Å²) in [5.74, 6) is 1.06. The minimum absolute atomic E-state index is 0.0615. The molecule has 0 amide bonds. The zero-order valence-electron chi connectivity index (χ0n) is 11.2. The second kappa shape index (κ2) is 7.84. The lowest BCUT2D eigenvalue weighted by Gasteiger charge is -2.12. The first kappa shape index (κ1) is 14.7. The molecule has 100 valence electrons. The van der Waals surface area contributed by atoms with E-state index in [-0.39, 0.29) is 19.4 Å². The van der Waals surface area contributed by atoms with Gasteiger partial charge in [0.15, 0.2) is 6.79 Å². The molecule has 0 aliphatic heterocycles. The number of methoxy groups -OCH3 is 1.